The maximum atomic E-state index is 11.0. The number of oxazole rings is 1. The van der Waals surface area contributed by atoms with Crippen LogP contribution in [0.25, 0.3) is 11.1 Å². The largest absolute Gasteiger partial charge is 0.480 e. The molecule has 2 aromatic rings. The first-order valence-corrected chi connectivity index (χ1v) is 6.02. The van der Waals surface area contributed by atoms with Gasteiger partial charge in [0.25, 0.3) is 0 Å². The molecule has 1 unspecified atom stereocenters. The van der Waals surface area contributed by atoms with Gasteiger partial charge in [0.15, 0.2) is 5.58 Å². The van der Waals surface area contributed by atoms with E-state index in [9.17, 15) is 9.59 Å². The molecule has 0 aliphatic rings. The SMILES string of the molecule is CC(C(=O)O)N(C)CCc1ccc2oc(=O)[nH]c2c1. The number of hydrogen-bond donors (Lipinski definition) is 2. The molecule has 0 aliphatic heterocycles. The van der Waals surface area contributed by atoms with Crippen LogP contribution >= 0.6 is 0 Å². The van der Waals surface area contributed by atoms with Gasteiger partial charge in [-0.3, -0.25) is 14.7 Å². The van der Waals surface area contributed by atoms with Crippen LogP contribution in [0.3, 0.4) is 0 Å². The van der Waals surface area contributed by atoms with Gasteiger partial charge in [-0.1, -0.05) is 6.07 Å². The molecule has 1 aromatic heterocycles. The fourth-order valence-electron chi connectivity index (χ4n) is 1.84. The van der Waals surface area contributed by atoms with Crippen molar-refractivity contribution in [2.45, 2.75) is 19.4 Å². The Morgan fingerprint density at radius 2 is 2.26 bits per heavy atom. The summed E-state index contributed by atoms with van der Waals surface area (Å²) >= 11 is 0. The molecule has 0 saturated heterocycles. The zero-order valence-electron chi connectivity index (χ0n) is 10.8. The molecule has 0 aliphatic carbocycles. The lowest BCUT2D eigenvalue weighted by molar-refractivity contribution is -0.142. The summed E-state index contributed by atoms with van der Waals surface area (Å²) in [5.41, 5.74) is 2.21. The minimum absolute atomic E-state index is 0.469. The minimum Gasteiger partial charge on any atom is -0.480 e. The number of benzene rings is 1. The number of aromatic nitrogens is 1. The highest BCUT2D eigenvalue weighted by Gasteiger charge is 2.16. The summed E-state index contributed by atoms with van der Waals surface area (Å²) in [6, 6.07) is 4.94. The second kappa shape index (κ2) is 5.27. The van der Waals surface area contributed by atoms with Gasteiger partial charge in [-0.2, -0.15) is 0 Å². The Bertz CT molecular complexity index is 643. The Morgan fingerprint density at radius 1 is 1.53 bits per heavy atom. The third-order valence-corrected chi connectivity index (χ3v) is 3.26. The van der Waals surface area contributed by atoms with Gasteiger partial charge in [0.05, 0.1) is 5.52 Å². The molecule has 6 heteroatoms. The Labute approximate surface area is 109 Å². The van der Waals surface area contributed by atoms with E-state index in [0.717, 1.165) is 5.56 Å². The quantitative estimate of drug-likeness (QED) is 0.843. The minimum atomic E-state index is -0.836. The Morgan fingerprint density at radius 3 is 2.95 bits per heavy atom. The molecule has 0 fully saturated rings. The van der Waals surface area contributed by atoms with Gasteiger partial charge >= 0.3 is 11.7 Å². The molecule has 0 amide bonds. The summed E-state index contributed by atoms with van der Waals surface area (Å²) in [4.78, 5) is 26.2. The van der Waals surface area contributed by atoms with E-state index >= 15 is 0 Å². The van der Waals surface area contributed by atoms with Crippen LogP contribution in [-0.2, 0) is 11.2 Å². The molecule has 0 spiro atoms. The van der Waals surface area contributed by atoms with Crippen molar-refractivity contribution in [1.29, 1.82) is 0 Å². The van der Waals surface area contributed by atoms with E-state index in [1.54, 1.807) is 24.9 Å². The number of nitrogens with zero attached hydrogens (tertiary/aromatic N) is 1. The second-order valence-corrected chi connectivity index (χ2v) is 4.59. The van der Waals surface area contributed by atoms with E-state index in [2.05, 4.69) is 4.98 Å². The molecular weight excluding hydrogens is 248 g/mol. The highest BCUT2D eigenvalue weighted by Crippen LogP contribution is 2.13. The van der Waals surface area contributed by atoms with Crippen LogP contribution in [0.1, 0.15) is 12.5 Å². The number of carbonyl (C=O) groups is 1. The van der Waals surface area contributed by atoms with Crippen LogP contribution in [-0.4, -0.2) is 40.6 Å². The fraction of sp³-hybridized carbons (Fsp3) is 0.385. The van der Waals surface area contributed by atoms with Crippen LogP contribution in [0.2, 0.25) is 0 Å². The Hall–Kier alpha value is -2.08. The summed E-state index contributed by atoms with van der Waals surface area (Å²) in [6.45, 7) is 2.28. The number of likely N-dealkylation sites (N-methyl/N-ethyl adjacent to an activating group) is 1. The molecule has 2 rings (SSSR count). The smallest absolute Gasteiger partial charge is 0.417 e. The number of aromatic amines is 1. The maximum Gasteiger partial charge on any atom is 0.417 e. The second-order valence-electron chi connectivity index (χ2n) is 4.59. The van der Waals surface area contributed by atoms with E-state index in [4.69, 9.17) is 9.52 Å². The third-order valence-electron chi connectivity index (χ3n) is 3.26. The standard InChI is InChI=1S/C13H16N2O4/c1-8(12(16)17)15(2)6-5-9-3-4-11-10(7-9)14-13(18)19-11/h3-4,7-8H,5-6H2,1-2H3,(H,14,18)(H,16,17). The molecule has 1 heterocycles. The van der Waals surface area contributed by atoms with Crippen LogP contribution in [0, 0.1) is 0 Å². The monoisotopic (exact) mass is 264 g/mol. The first-order chi connectivity index (χ1) is 8.97. The van der Waals surface area contributed by atoms with Crippen LogP contribution in [0.15, 0.2) is 27.4 Å². The summed E-state index contributed by atoms with van der Waals surface area (Å²) in [5.74, 6) is -1.30. The van der Waals surface area contributed by atoms with Crippen molar-refractivity contribution in [2.75, 3.05) is 13.6 Å². The highest BCUT2D eigenvalue weighted by atomic mass is 16.4. The van der Waals surface area contributed by atoms with Crippen molar-refractivity contribution in [1.82, 2.24) is 9.88 Å². The number of carboxylic acids is 1. The first kappa shape index (κ1) is 13.4. The molecule has 6 nitrogen and oxygen atoms in total. The summed E-state index contributed by atoms with van der Waals surface area (Å²) in [5, 5.41) is 8.90. The van der Waals surface area contributed by atoms with Gasteiger partial charge in [-0.25, -0.2) is 4.79 Å². The lowest BCUT2D eigenvalue weighted by atomic mass is 10.1. The van der Waals surface area contributed by atoms with Crippen molar-refractivity contribution in [3.05, 3.63) is 34.3 Å². The molecule has 0 bridgehead atoms. The first-order valence-electron chi connectivity index (χ1n) is 6.02. The average molecular weight is 264 g/mol. The van der Waals surface area contributed by atoms with Crippen molar-refractivity contribution in [2.24, 2.45) is 0 Å². The summed E-state index contributed by atoms with van der Waals surface area (Å²) in [7, 11) is 1.77. The fourth-order valence-corrected chi connectivity index (χ4v) is 1.84. The molecule has 0 saturated carbocycles. The van der Waals surface area contributed by atoms with Crippen LogP contribution < -0.4 is 5.76 Å². The van der Waals surface area contributed by atoms with E-state index in [1.165, 1.54) is 0 Å². The van der Waals surface area contributed by atoms with E-state index in [0.29, 0.717) is 24.1 Å². The van der Waals surface area contributed by atoms with Crippen molar-refractivity contribution in [3.8, 4) is 0 Å². The molecule has 19 heavy (non-hydrogen) atoms. The predicted molar refractivity (Wildman–Crippen MR) is 70.3 cm³/mol. The number of rotatable bonds is 5. The summed E-state index contributed by atoms with van der Waals surface area (Å²) < 4.78 is 4.92. The normalized spacial score (nSPS) is 13.0. The van der Waals surface area contributed by atoms with E-state index in [-0.39, 0.29) is 0 Å². The molecule has 2 N–H and O–H groups in total. The molecule has 102 valence electrons. The van der Waals surface area contributed by atoms with Crippen molar-refractivity contribution < 1.29 is 14.3 Å². The predicted octanol–water partition coefficient (Wildman–Crippen LogP) is 1.07. The van der Waals surface area contributed by atoms with E-state index in [1.807, 2.05) is 12.1 Å². The topological polar surface area (TPSA) is 86.5 Å². The highest BCUT2D eigenvalue weighted by molar-refractivity contribution is 5.73. The summed E-state index contributed by atoms with van der Waals surface area (Å²) in [6.07, 6.45) is 0.706. The van der Waals surface area contributed by atoms with Crippen LogP contribution in [0.5, 0.6) is 0 Å². The molecule has 1 atom stereocenters. The number of carboxylic acid groups (broad SMARTS) is 1. The third kappa shape index (κ3) is 3.03. The molecular formula is C13H16N2O4. The lowest BCUT2D eigenvalue weighted by Crippen LogP contribution is -2.37. The number of aliphatic carboxylic acids is 1. The van der Waals surface area contributed by atoms with Gasteiger partial charge in [0, 0.05) is 6.54 Å². The number of fused-ring (bicyclic) bond motifs is 1. The van der Waals surface area contributed by atoms with Crippen LogP contribution in [0.4, 0.5) is 0 Å². The van der Waals surface area contributed by atoms with Gasteiger partial charge in [-0.05, 0) is 38.1 Å². The van der Waals surface area contributed by atoms with Gasteiger partial charge < -0.3 is 9.52 Å². The molecule has 1 aromatic carbocycles. The Balaban J connectivity index is 2.05. The van der Waals surface area contributed by atoms with E-state index < -0.39 is 17.8 Å². The van der Waals surface area contributed by atoms with Crippen molar-refractivity contribution >= 4 is 17.1 Å². The van der Waals surface area contributed by atoms with Gasteiger partial charge in [0.1, 0.15) is 6.04 Å². The van der Waals surface area contributed by atoms with Gasteiger partial charge in [-0.15, -0.1) is 0 Å². The van der Waals surface area contributed by atoms with Crippen molar-refractivity contribution in [3.63, 3.8) is 0 Å². The number of nitrogens with one attached hydrogen (secondary N) is 1. The zero-order chi connectivity index (χ0) is 14.0. The zero-order valence-corrected chi connectivity index (χ0v) is 10.8. The average Bonchev–Trinajstić information content (AvgIpc) is 2.74. The maximum absolute atomic E-state index is 11.0. The van der Waals surface area contributed by atoms with Gasteiger partial charge in [0.2, 0.25) is 0 Å². The molecule has 0 radical (unpaired) electrons. The lowest BCUT2D eigenvalue weighted by Gasteiger charge is -2.20. The number of hydrogen-bond acceptors (Lipinski definition) is 4. The number of H-pyrrole nitrogens is 1. The Kier molecular flexibility index (Phi) is 3.71.